The van der Waals surface area contributed by atoms with Crippen LogP contribution in [-0.4, -0.2) is 40.4 Å². The fourth-order valence-electron chi connectivity index (χ4n) is 2.76. The molecule has 0 radical (unpaired) electrons. The minimum Gasteiger partial charge on any atom is -0.492 e. The molecule has 0 aliphatic carbocycles. The number of anilines is 1. The molecular formula is C16H26N4O4. The van der Waals surface area contributed by atoms with E-state index in [1.807, 2.05) is 13.8 Å². The van der Waals surface area contributed by atoms with Crippen LogP contribution >= 0.6 is 0 Å². The molecule has 2 amide bonds. The van der Waals surface area contributed by atoms with Crippen molar-refractivity contribution >= 4 is 17.7 Å². The molecule has 0 aliphatic rings. The molecule has 8 nitrogen and oxygen atoms in total. The largest absolute Gasteiger partial charge is 0.492 e. The van der Waals surface area contributed by atoms with Crippen LogP contribution in [0.4, 0.5) is 10.5 Å². The van der Waals surface area contributed by atoms with E-state index in [-0.39, 0.29) is 0 Å². The lowest BCUT2D eigenvalue weighted by Gasteiger charge is -2.29. The van der Waals surface area contributed by atoms with Crippen LogP contribution in [0.15, 0.2) is 0 Å². The van der Waals surface area contributed by atoms with Gasteiger partial charge in [0.25, 0.3) is 0 Å². The number of rotatable bonds is 6. The summed E-state index contributed by atoms with van der Waals surface area (Å²) < 4.78 is 16.5. The van der Waals surface area contributed by atoms with Gasteiger partial charge in [0.15, 0.2) is 11.5 Å². The molecule has 1 aromatic carbocycles. The van der Waals surface area contributed by atoms with Gasteiger partial charge in [0.2, 0.25) is 11.7 Å². The normalized spacial score (nSPS) is 10.1. The van der Waals surface area contributed by atoms with E-state index in [2.05, 4.69) is 5.32 Å². The quantitative estimate of drug-likeness (QED) is 0.542. The number of nitrogens with one attached hydrogen (secondary N) is 2. The second-order valence-corrected chi connectivity index (χ2v) is 4.89. The summed E-state index contributed by atoms with van der Waals surface area (Å²) in [6.45, 7) is 3.85. The van der Waals surface area contributed by atoms with Crippen LogP contribution < -0.4 is 30.2 Å². The molecule has 1 aromatic rings. The molecule has 1 rings (SSSR count). The van der Waals surface area contributed by atoms with Gasteiger partial charge in [-0.3, -0.25) is 5.41 Å². The fraction of sp³-hybridized carbons (Fsp3) is 0.500. The number of hydrogen-bond acceptors (Lipinski definition) is 5. The van der Waals surface area contributed by atoms with Crippen molar-refractivity contribution in [3.63, 3.8) is 0 Å². The minimum absolute atomic E-state index is 0.395. The number of benzene rings is 1. The zero-order valence-electron chi connectivity index (χ0n) is 15.1. The van der Waals surface area contributed by atoms with E-state index >= 15 is 0 Å². The summed E-state index contributed by atoms with van der Waals surface area (Å²) in [5.41, 5.74) is 7.60. The van der Waals surface area contributed by atoms with E-state index in [1.54, 1.807) is 0 Å². The highest BCUT2D eigenvalue weighted by Crippen LogP contribution is 2.49. The highest BCUT2D eigenvalue weighted by atomic mass is 16.5. The molecule has 0 spiro atoms. The van der Waals surface area contributed by atoms with Crippen LogP contribution in [-0.2, 0) is 12.8 Å². The summed E-state index contributed by atoms with van der Waals surface area (Å²) in [7, 11) is 6.04. The molecule has 4 N–H and O–H groups in total. The first kappa shape index (κ1) is 19.4. The number of methoxy groups -OCH3 is 3. The maximum Gasteiger partial charge on any atom is 0.328 e. The van der Waals surface area contributed by atoms with Gasteiger partial charge < -0.3 is 25.3 Å². The molecule has 0 atom stereocenters. The average Bonchev–Trinajstić information content (AvgIpc) is 2.59. The van der Waals surface area contributed by atoms with E-state index < -0.39 is 12.0 Å². The number of carbonyl (C=O) groups excluding carboxylic acids is 1. The predicted molar refractivity (Wildman–Crippen MR) is 93.7 cm³/mol. The number of nitrogens with zero attached hydrogens (tertiary/aromatic N) is 1. The summed E-state index contributed by atoms with van der Waals surface area (Å²) in [6, 6.07) is -0.513. The first-order valence-electron chi connectivity index (χ1n) is 7.62. The number of ether oxygens (including phenoxy) is 3. The first-order chi connectivity index (χ1) is 11.4. The Morgan fingerprint density at radius 2 is 1.46 bits per heavy atom. The van der Waals surface area contributed by atoms with Crippen molar-refractivity contribution in [1.29, 1.82) is 5.41 Å². The Bertz CT molecular complexity index is 598. The molecule has 8 heteroatoms. The van der Waals surface area contributed by atoms with Crippen molar-refractivity contribution in [3.05, 3.63) is 11.1 Å². The number of nitrogens with two attached hydrogens (primary N) is 1. The maximum absolute atomic E-state index is 12.3. The molecule has 0 saturated carbocycles. The standard InChI is InChI=1S/C16H26N4O4/c1-7-9-11(20(15(17)18)16(21)19-3)10(8-2)13(23-5)14(24-6)12(9)22-4/h7-8H2,1-6H3,(H3,17,18)(H,19,21). The zero-order valence-corrected chi connectivity index (χ0v) is 15.1. The highest BCUT2D eigenvalue weighted by molar-refractivity contribution is 6.15. The van der Waals surface area contributed by atoms with Crippen LogP contribution in [0, 0.1) is 5.41 Å². The van der Waals surface area contributed by atoms with Crippen molar-refractivity contribution in [2.75, 3.05) is 33.3 Å². The molecule has 0 saturated heterocycles. The number of urea groups is 1. The summed E-state index contributed by atoms with van der Waals surface area (Å²) in [5.74, 6) is 0.976. The smallest absolute Gasteiger partial charge is 0.328 e. The first-order valence-corrected chi connectivity index (χ1v) is 7.62. The summed E-state index contributed by atoms with van der Waals surface area (Å²) >= 11 is 0. The van der Waals surface area contributed by atoms with E-state index in [4.69, 9.17) is 25.4 Å². The average molecular weight is 338 g/mol. The third kappa shape index (κ3) is 3.17. The lowest BCUT2D eigenvalue weighted by atomic mass is 9.98. The third-order valence-electron chi connectivity index (χ3n) is 3.73. The van der Waals surface area contributed by atoms with Crippen LogP contribution in [0.25, 0.3) is 0 Å². The number of guanidine groups is 1. The molecule has 0 bridgehead atoms. The van der Waals surface area contributed by atoms with Crippen LogP contribution in [0.2, 0.25) is 0 Å². The maximum atomic E-state index is 12.3. The van der Waals surface area contributed by atoms with Gasteiger partial charge in [-0.1, -0.05) is 13.8 Å². The zero-order chi connectivity index (χ0) is 18.4. The molecule has 0 heterocycles. The Hall–Kier alpha value is -2.64. The van der Waals surface area contributed by atoms with Gasteiger partial charge in [0, 0.05) is 18.2 Å². The molecular weight excluding hydrogens is 312 g/mol. The summed E-state index contributed by atoms with van der Waals surface area (Å²) in [5, 5.41) is 10.4. The number of hydrogen-bond donors (Lipinski definition) is 3. The molecule has 0 aliphatic heterocycles. The van der Waals surface area contributed by atoms with Crippen molar-refractivity contribution in [1.82, 2.24) is 5.32 Å². The van der Waals surface area contributed by atoms with Crippen LogP contribution in [0.5, 0.6) is 17.2 Å². The SMILES string of the molecule is CCc1c(OC)c(OC)c(OC)c(CC)c1N(C(=N)N)C(=O)NC. The summed E-state index contributed by atoms with van der Waals surface area (Å²) in [4.78, 5) is 13.4. The van der Waals surface area contributed by atoms with Gasteiger partial charge in [0.05, 0.1) is 27.0 Å². The van der Waals surface area contributed by atoms with Crippen LogP contribution in [0.3, 0.4) is 0 Å². The van der Waals surface area contributed by atoms with Crippen molar-refractivity contribution in [2.24, 2.45) is 5.73 Å². The van der Waals surface area contributed by atoms with Crippen LogP contribution in [0.1, 0.15) is 25.0 Å². The third-order valence-corrected chi connectivity index (χ3v) is 3.73. The van der Waals surface area contributed by atoms with Gasteiger partial charge in [-0.15, -0.1) is 0 Å². The van der Waals surface area contributed by atoms with Gasteiger partial charge >= 0.3 is 6.03 Å². The molecule has 0 unspecified atom stereocenters. The van der Waals surface area contributed by atoms with Crippen molar-refractivity contribution in [3.8, 4) is 17.2 Å². The lowest BCUT2D eigenvalue weighted by Crippen LogP contribution is -2.47. The molecule has 134 valence electrons. The van der Waals surface area contributed by atoms with Gasteiger partial charge in [-0.05, 0) is 12.8 Å². The number of amides is 2. The van der Waals surface area contributed by atoms with Crippen molar-refractivity contribution < 1.29 is 19.0 Å². The lowest BCUT2D eigenvalue weighted by molar-refractivity contribution is 0.250. The van der Waals surface area contributed by atoms with Gasteiger partial charge in [0.1, 0.15) is 0 Å². The highest BCUT2D eigenvalue weighted by Gasteiger charge is 2.31. The van der Waals surface area contributed by atoms with Gasteiger partial charge in [-0.2, -0.15) is 0 Å². The number of carbonyl (C=O) groups is 1. The Labute approximate surface area is 142 Å². The fourth-order valence-corrected chi connectivity index (χ4v) is 2.76. The molecule has 0 fully saturated rings. The van der Waals surface area contributed by atoms with Gasteiger partial charge in [-0.25, -0.2) is 9.69 Å². The van der Waals surface area contributed by atoms with E-state index in [0.29, 0.717) is 46.9 Å². The second kappa shape index (κ2) is 8.28. The van der Waals surface area contributed by atoms with E-state index in [9.17, 15) is 4.79 Å². The Morgan fingerprint density at radius 1 is 1.04 bits per heavy atom. The second-order valence-electron chi connectivity index (χ2n) is 4.89. The van der Waals surface area contributed by atoms with E-state index in [1.165, 1.54) is 28.4 Å². The molecule has 0 aromatic heterocycles. The predicted octanol–water partition coefficient (Wildman–Crippen LogP) is 1.88. The monoisotopic (exact) mass is 338 g/mol. The Kier molecular flexibility index (Phi) is 6.69. The topological polar surface area (TPSA) is 110 Å². The van der Waals surface area contributed by atoms with E-state index in [0.717, 1.165) is 4.90 Å². The summed E-state index contributed by atoms with van der Waals surface area (Å²) in [6.07, 6.45) is 1.10. The molecule has 24 heavy (non-hydrogen) atoms. The van der Waals surface area contributed by atoms with Crippen molar-refractivity contribution in [2.45, 2.75) is 26.7 Å². The minimum atomic E-state index is -0.513. The Balaban J connectivity index is 3.99. The Morgan fingerprint density at radius 3 is 1.71 bits per heavy atom.